The number of fused-ring (bicyclic) bond motifs is 1. The number of esters is 1. The van der Waals surface area contributed by atoms with Crippen LogP contribution in [0.1, 0.15) is 23.0 Å². The molecule has 0 saturated carbocycles. The molecule has 0 aliphatic rings. The van der Waals surface area contributed by atoms with Gasteiger partial charge in [-0.3, -0.25) is 10.1 Å². The molecule has 1 N–H and O–H groups in total. The number of benzene rings is 1. The Morgan fingerprint density at radius 3 is 2.79 bits per heavy atom. The van der Waals surface area contributed by atoms with E-state index in [-0.39, 0.29) is 29.1 Å². The molecule has 100 valence electrons. The van der Waals surface area contributed by atoms with E-state index in [1.807, 2.05) is 0 Å². The number of ether oxygens (including phenoxy) is 1. The van der Waals surface area contributed by atoms with Crippen LogP contribution in [0.2, 0.25) is 0 Å². The van der Waals surface area contributed by atoms with Crippen LogP contribution in [-0.2, 0) is 4.74 Å². The van der Waals surface area contributed by atoms with Crippen molar-refractivity contribution in [1.29, 1.82) is 0 Å². The highest BCUT2D eigenvalue weighted by Gasteiger charge is 2.22. The van der Waals surface area contributed by atoms with Gasteiger partial charge in [0, 0.05) is 17.5 Å². The van der Waals surface area contributed by atoms with Crippen molar-refractivity contribution >= 4 is 22.6 Å². The largest absolute Gasteiger partial charge is 0.462 e. The van der Waals surface area contributed by atoms with Crippen molar-refractivity contribution in [2.75, 3.05) is 6.61 Å². The predicted octanol–water partition coefficient (Wildman–Crippen LogP) is 2.27. The predicted molar refractivity (Wildman–Crippen MR) is 66.5 cm³/mol. The first-order chi connectivity index (χ1) is 8.97. The summed E-state index contributed by atoms with van der Waals surface area (Å²) in [4.78, 5) is 22.0. The summed E-state index contributed by atoms with van der Waals surface area (Å²) < 4.78 is 5.67. The average Bonchev–Trinajstić information content (AvgIpc) is 2.62. The lowest BCUT2D eigenvalue weighted by Crippen LogP contribution is -2.06. The van der Waals surface area contributed by atoms with Gasteiger partial charge in [-0.15, -0.1) is 0 Å². The van der Waals surface area contributed by atoms with Crippen molar-refractivity contribution < 1.29 is 19.7 Å². The molecular weight excluding hydrogens is 252 g/mol. The fraction of sp³-hybridized carbons (Fsp3) is 0.250. The molecule has 1 aromatic heterocycles. The summed E-state index contributed by atoms with van der Waals surface area (Å²) in [5.74, 6) is -0.563. The van der Waals surface area contributed by atoms with Crippen molar-refractivity contribution in [1.82, 2.24) is 4.73 Å². The van der Waals surface area contributed by atoms with Crippen molar-refractivity contribution in [2.24, 2.45) is 0 Å². The van der Waals surface area contributed by atoms with Gasteiger partial charge >= 0.3 is 5.97 Å². The maximum atomic E-state index is 11.8. The molecule has 2 aromatic rings. The maximum Gasteiger partial charge on any atom is 0.340 e. The molecule has 0 saturated heterocycles. The van der Waals surface area contributed by atoms with Gasteiger partial charge in [0.25, 0.3) is 5.69 Å². The maximum absolute atomic E-state index is 11.8. The van der Waals surface area contributed by atoms with Gasteiger partial charge in [0.05, 0.1) is 28.3 Å². The number of rotatable bonds is 3. The highest BCUT2D eigenvalue weighted by molar-refractivity contribution is 6.06. The molecule has 0 aliphatic carbocycles. The average molecular weight is 264 g/mol. The lowest BCUT2D eigenvalue weighted by atomic mass is 10.1. The molecule has 0 atom stereocenters. The van der Waals surface area contributed by atoms with Gasteiger partial charge in [0.15, 0.2) is 0 Å². The van der Waals surface area contributed by atoms with Gasteiger partial charge in [-0.2, -0.15) is 4.73 Å². The minimum atomic E-state index is -0.564. The summed E-state index contributed by atoms with van der Waals surface area (Å²) in [6, 6.07) is 3.93. The van der Waals surface area contributed by atoms with E-state index in [1.54, 1.807) is 6.92 Å². The fourth-order valence-electron chi connectivity index (χ4n) is 1.96. The van der Waals surface area contributed by atoms with Crippen LogP contribution >= 0.6 is 0 Å². The number of nitro groups is 1. The van der Waals surface area contributed by atoms with Crippen LogP contribution in [0.15, 0.2) is 18.2 Å². The van der Waals surface area contributed by atoms with E-state index in [0.29, 0.717) is 5.39 Å². The van der Waals surface area contributed by atoms with Gasteiger partial charge in [-0.25, -0.2) is 4.79 Å². The van der Waals surface area contributed by atoms with E-state index in [2.05, 4.69) is 0 Å². The normalized spacial score (nSPS) is 10.6. The van der Waals surface area contributed by atoms with Gasteiger partial charge < -0.3 is 9.94 Å². The van der Waals surface area contributed by atoms with Gasteiger partial charge in [0.1, 0.15) is 0 Å². The first-order valence-electron chi connectivity index (χ1n) is 5.63. The Kier molecular flexibility index (Phi) is 3.12. The van der Waals surface area contributed by atoms with E-state index in [9.17, 15) is 20.1 Å². The van der Waals surface area contributed by atoms with Crippen molar-refractivity contribution in [3.63, 3.8) is 0 Å². The Hall–Kier alpha value is -2.57. The number of nitrogens with zero attached hydrogens (tertiary/aromatic N) is 2. The van der Waals surface area contributed by atoms with Crippen LogP contribution in [0.5, 0.6) is 0 Å². The molecule has 2 rings (SSSR count). The highest BCUT2D eigenvalue weighted by Crippen LogP contribution is 2.28. The summed E-state index contributed by atoms with van der Waals surface area (Å²) in [6.45, 7) is 3.43. The molecule has 0 amide bonds. The standard InChI is InChI=1S/C12H12N2O5/c1-3-19-12(15)11-7(2)13(16)10-6-8(14(17)18)4-5-9(10)11/h4-6,16H,3H2,1-2H3. The van der Waals surface area contributed by atoms with E-state index < -0.39 is 10.9 Å². The molecule has 0 aliphatic heterocycles. The third-order valence-electron chi connectivity index (χ3n) is 2.85. The second-order valence-corrected chi connectivity index (χ2v) is 3.95. The number of non-ortho nitro benzene ring substituents is 1. The van der Waals surface area contributed by atoms with E-state index in [4.69, 9.17) is 4.74 Å². The number of hydrogen-bond donors (Lipinski definition) is 1. The Morgan fingerprint density at radius 1 is 1.53 bits per heavy atom. The van der Waals surface area contributed by atoms with Gasteiger partial charge in [-0.05, 0) is 19.9 Å². The zero-order valence-corrected chi connectivity index (χ0v) is 10.4. The summed E-state index contributed by atoms with van der Waals surface area (Å²) in [7, 11) is 0. The van der Waals surface area contributed by atoms with Gasteiger partial charge in [-0.1, -0.05) is 0 Å². The summed E-state index contributed by atoms with van der Waals surface area (Å²) in [5.41, 5.74) is 0.550. The van der Waals surface area contributed by atoms with Gasteiger partial charge in [0.2, 0.25) is 0 Å². The summed E-state index contributed by atoms with van der Waals surface area (Å²) in [6.07, 6.45) is 0. The molecule has 0 bridgehead atoms. The molecule has 1 aromatic carbocycles. The van der Waals surface area contributed by atoms with Crippen LogP contribution in [-0.4, -0.2) is 27.4 Å². The van der Waals surface area contributed by atoms with E-state index in [0.717, 1.165) is 4.73 Å². The molecule has 0 fully saturated rings. The SMILES string of the molecule is CCOC(=O)c1c(C)n(O)c2cc([N+](=O)[O-])ccc12. The Labute approximate surface area is 108 Å². The molecule has 0 spiro atoms. The monoisotopic (exact) mass is 264 g/mol. The Bertz CT molecular complexity index is 674. The van der Waals surface area contributed by atoms with Crippen LogP contribution in [0.4, 0.5) is 5.69 Å². The van der Waals surface area contributed by atoms with Crippen molar-refractivity contribution in [3.05, 3.63) is 39.6 Å². The number of carbonyl (C=O) groups excluding carboxylic acids is 1. The molecular formula is C12H12N2O5. The third-order valence-corrected chi connectivity index (χ3v) is 2.85. The molecule has 7 heteroatoms. The molecule has 1 heterocycles. The van der Waals surface area contributed by atoms with E-state index >= 15 is 0 Å². The zero-order chi connectivity index (χ0) is 14.2. The second kappa shape index (κ2) is 4.60. The lowest BCUT2D eigenvalue weighted by Gasteiger charge is -2.01. The van der Waals surface area contributed by atoms with Crippen LogP contribution in [0, 0.1) is 17.0 Å². The molecule has 0 unspecified atom stereocenters. The first-order valence-corrected chi connectivity index (χ1v) is 5.63. The third kappa shape index (κ3) is 1.99. The number of hydrogen-bond acceptors (Lipinski definition) is 5. The Balaban J connectivity index is 2.70. The molecule has 19 heavy (non-hydrogen) atoms. The number of carbonyl (C=O) groups is 1. The van der Waals surface area contributed by atoms with Crippen LogP contribution < -0.4 is 0 Å². The Morgan fingerprint density at radius 2 is 2.21 bits per heavy atom. The minimum absolute atomic E-state index is 0.157. The van der Waals surface area contributed by atoms with E-state index in [1.165, 1.54) is 25.1 Å². The van der Waals surface area contributed by atoms with Crippen molar-refractivity contribution in [2.45, 2.75) is 13.8 Å². The zero-order valence-electron chi connectivity index (χ0n) is 10.4. The number of nitro benzene ring substituents is 1. The molecule has 0 radical (unpaired) electrons. The summed E-state index contributed by atoms with van der Waals surface area (Å²) in [5, 5.41) is 21.0. The highest BCUT2D eigenvalue weighted by atomic mass is 16.6. The smallest absolute Gasteiger partial charge is 0.340 e. The lowest BCUT2D eigenvalue weighted by molar-refractivity contribution is -0.384. The minimum Gasteiger partial charge on any atom is -0.462 e. The first kappa shape index (κ1) is 12.9. The second-order valence-electron chi connectivity index (χ2n) is 3.95. The van der Waals surface area contributed by atoms with Crippen LogP contribution in [0.25, 0.3) is 10.9 Å². The topological polar surface area (TPSA) is 94.6 Å². The number of aromatic nitrogens is 1. The molecule has 7 nitrogen and oxygen atoms in total. The summed E-state index contributed by atoms with van der Waals surface area (Å²) >= 11 is 0. The van der Waals surface area contributed by atoms with Crippen LogP contribution in [0.3, 0.4) is 0 Å². The quantitative estimate of drug-likeness (QED) is 0.397. The van der Waals surface area contributed by atoms with Crippen molar-refractivity contribution in [3.8, 4) is 0 Å². The fourth-order valence-corrected chi connectivity index (χ4v) is 1.96.